The van der Waals surface area contributed by atoms with Gasteiger partial charge in [0.25, 0.3) is 11.5 Å². The van der Waals surface area contributed by atoms with Crippen molar-refractivity contribution in [3.8, 4) is 16.2 Å². The van der Waals surface area contributed by atoms with E-state index in [4.69, 9.17) is 11.6 Å². The number of fused-ring (bicyclic) bond motifs is 1. The van der Waals surface area contributed by atoms with Crippen LogP contribution >= 0.6 is 22.9 Å². The van der Waals surface area contributed by atoms with Gasteiger partial charge in [0.15, 0.2) is 0 Å². The molecule has 34 heavy (non-hydrogen) atoms. The number of benzene rings is 2. The maximum Gasteiger partial charge on any atom is 0.290 e. The van der Waals surface area contributed by atoms with Gasteiger partial charge in [-0.15, -0.1) is 11.3 Å². The van der Waals surface area contributed by atoms with Gasteiger partial charge in [0.2, 0.25) is 0 Å². The Morgan fingerprint density at radius 2 is 1.79 bits per heavy atom. The van der Waals surface area contributed by atoms with Gasteiger partial charge in [-0.25, -0.2) is 4.98 Å². The Bertz CT molecular complexity index is 1540. The fraction of sp³-hybridized carbons (Fsp3) is 0.0400. The normalized spacial score (nSPS) is 11.0. The maximum atomic E-state index is 12.4. The van der Waals surface area contributed by atoms with Crippen LogP contribution in [0.5, 0.6) is 5.75 Å². The smallest absolute Gasteiger partial charge is 0.290 e. The molecule has 7 nitrogen and oxygen atoms in total. The highest BCUT2D eigenvalue weighted by Gasteiger charge is 2.12. The van der Waals surface area contributed by atoms with Gasteiger partial charge in [-0.3, -0.25) is 9.59 Å². The summed E-state index contributed by atoms with van der Waals surface area (Å²) in [5.41, 5.74) is 3.32. The Balaban J connectivity index is 1.40. The molecule has 5 rings (SSSR count). The molecule has 0 bridgehead atoms. The van der Waals surface area contributed by atoms with Crippen LogP contribution in [0.4, 0.5) is 5.69 Å². The third kappa shape index (κ3) is 4.54. The Morgan fingerprint density at radius 3 is 2.50 bits per heavy atom. The molecule has 3 aromatic heterocycles. The second-order valence-electron chi connectivity index (χ2n) is 7.56. The first-order valence-corrected chi connectivity index (χ1v) is 11.5. The fourth-order valence-electron chi connectivity index (χ4n) is 3.48. The Kier molecular flexibility index (Phi) is 5.83. The number of rotatable bonds is 5. The van der Waals surface area contributed by atoms with Crippen LogP contribution in [0.3, 0.4) is 0 Å². The lowest BCUT2D eigenvalue weighted by Gasteiger charge is -2.07. The predicted octanol–water partition coefficient (Wildman–Crippen LogP) is 5.18. The van der Waals surface area contributed by atoms with Crippen LogP contribution in [0.15, 0.2) is 84.0 Å². The van der Waals surface area contributed by atoms with E-state index >= 15 is 0 Å². The second-order valence-corrected chi connectivity index (χ2v) is 9.05. The van der Waals surface area contributed by atoms with Crippen molar-refractivity contribution < 1.29 is 9.90 Å². The number of aromatic nitrogens is 3. The molecule has 0 fully saturated rings. The van der Waals surface area contributed by atoms with Crippen LogP contribution in [-0.2, 0) is 6.54 Å². The lowest BCUT2D eigenvalue weighted by molar-refractivity contribution is 0.102. The molecule has 0 aliphatic heterocycles. The zero-order chi connectivity index (χ0) is 23.7. The van der Waals surface area contributed by atoms with E-state index in [0.717, 1.165) is 21.5 Å². The van der Waals surface area contributed by atoms with Gasteiger partial charge in [0.05, 0.1) is 18.0 Å². The molecule has 0 aliphatic rings. The molecular formula is C25H17ClN4O3S. The quantitative estimate of drug-likeness (QED) is 0.355. The number of aromatic hydroxyl groups is 1. The van der Waals surface area contributed by atoms with Gasteiger partial charge in [0.1, 0.15) is 16.1 Å². The molecule has 9 heteroatoms. The summed E-state index contributed by atoms with van der Waals surface area (Å²) in [5, 5.41) is 12.8. The SMILES string of the molecule is O=C(Nc1ccc(-c2cc3c(s2)c(=O)ncn3Cc2ccc(Cl)cc2)cc1)c1ccc(O)cn1. The van der Waals surface area contributed by atoms with Crippen LogP contribution < -0.4 is 10.9 Å². The molecule has 0 saturated carbocycles. The Hall–Kier alpha value is -4.01. The average molecular weight is 489 g/mol. The minimum Gasteiger partial charge on any atom is -0.506 e. The Morgan fingerprint density at radius 1 is 1.03 bits per heavy atom. The van der Waals surface area contributed by atoms with E-state index in [1.807, 2.05) is 47.0 Å². The summed E-state index contributed by atoms with van der Waals surface area (Å²) < 4.78 is 2.53. The topological polar surface area (TPSA) is 97.1 Å². The molecule has 0 radical (unpaired) electrons. The first-order chi connectivity index (χ1) is 16.5. The molecule has 0 unspecified atom stereocenters. The minimum atomic E-state index is -0.375. The number of carbonyl (C=O) groups excluding carboxylic acids is 1. The van der Waals surface area contributed by atoms with Crippen molar-refractivity contribution in [2.75, 3.05) is 5.32 Å². The van der Waals surface area contributed by atoms with Crippen LogP contribution in [0, 0.1) is 0 Å². The first kappa shape index (κ1) is 21.8. The molecule has 0 atom stereocenters. The van der Waals surface area contributed by atoms with E-state index in [-0.39, 0.29) is 22.9 Å². The molecule has 1 amide bonds. The molecule has 0 aliphatic carbocycles. The molecule has 2 aromatic carbocycles. The number of amides is 1. The third-order valence-electron chi connectivity index (χ3n) is 5.20. The number of carbonyl (C=O) groups is 1. The molecule has 3 heterocycles. The van der Waals surface area contributed by atoms with E-state index in [9.17, 15) is 14.7 Å². The van der Waals surface area contributed by atoms with Gasteiger partial charge >= 0.3 is 0 Å². The number of pyridine rings is 1. The summed E-state index contributed by atoms with van der Waals surface area (Å²) in [6.45, 7) is 0.563. The van der Waals surface area contributed by atoms with E-state index in [1.165, 1.54) is 29.7 Å². The molecule has 0 spiro atoms. The number of halogens is 1. The van der Waals surface area contributed by atoms with Crippen LogP contribution in [0.25, 0.3) is 20.7 Å². The summed E-state index contributed by atoms with van der Waals surface area (Å²) in [6.07, 6.45) is 2.78. The highest BCUT2D eigenvalue weighted by atomic mass is 35.5. The summed E-state index contributed by atoms with van der Waals surface area (Å²) in [5.74, 6) is -0.380. The molecule has 5 aromatic rings. The summed E-state index contributed by atoms with van der Waals surface area (Å²) in [7, 11) is 0. The number of hydrogen-bond acceptors (Lipinski definition) is 6. The number of thiophene rings is 1. The molecule has 0 saturated heterocycles. The summed E-state index contributed by atoms with van der Waals surface area (Å²) in [4.78, 5) is 33.6. The number of hydrogen-bond donors (Lipinski definition) is 2. The van der Waals surface area contributed by atoms with Crippen molar-refractivity contribution in [3.63, 3.8) is 0 Å². The number of nitrogens with one attached hydrogen (secondary N) is 1. The van der Waals surface area contributed by atoms with E-state index < -0.39 is 0 Å². The van der Waals surface area contributed by atoms with Gasteiger partial charge in [-0.05, 0) is 53.6 Å². The standard InChI is InChI=1S/C25H17ClN4O3S/c26-17-5-1-15(2-6-17)13-30-14-28-25(33)23-21(30)11-22(34-23)16-3-7-18(8-4-16)29-24(32)20-10-9-19(31)12-27-20/h1-12,14,31H,13H2,(H,29,32). The summed E-state index contributed by atoms with van der Waals surface area (Å²) in [6, 6.07) is 19.7. The zero-order valence-corrected chi connectivity index (χ0v) is 19.2. The zero-order valence-electron chi connectivity index (χ0n) is 17.6. The van der Waals surface area contributed by atoms with Crippen molar-refractivity contribution in [3.05, 3.63) is 106 Å². The van der Waals surface area contributed by atoms with Crippen molar-refractivity contribution in [2.45, 2.75) is 6.54 Å². The van der Waals surface area contributed by atoms with E-state index in [0.29, 0.717) is 22.0 Å². The van der Waals surface area contributed by atoms with Gasteiger partial charge < -0.3 is 15.0 Å². The largest absolute Gasteiger partial charge is 0.506 e. The Labute approximate surface area is 202 Å². The monoisotopic (exact) mass is 488 g/mol. The van der Waals surface area contributed by atoms with Crippen molar-refractivity contribution in [1.82, 2.24) is 14.5 Å². The van der Waals surface area contributed by atoms with Gasteiger partial charge in [-0.1, -0.05) is 35.9 Å². The van der Waals surface area contributed by atoms with Gasteiger partial charge in [-0.2, -0.15) is 4.98 Å². The third-order valence-corrected chi connectivity index (χ3v) is 6.62. The van der Waals surface area contributed by atoms with E-state index in [2.05, 4.69) is 15.3 Å². The highest BCUT2D eigenvalue weighted by molar-refractivity contribution is 7.22. The number of anilines is 1. The molecule has 168 valence electrons. The van der Waals surface area contributed by atoms with Crippen molar-refractivity contribution >= 4 is 44.7 Å². The second kappa shape index (κ2) is 9.09. The predicted molar refractivity (Wildman–Crippen MR) is 134 cm³/mol. The summed E-state index contributed by atoms with van der Waals surface area (Å²) >= 11 is 7.37. The highest BCUT2D eigenvalue weighted by Crippen LogP contribution is 2.32. The van der Waals surface area contributed by atoms with Crippen LogP contribution in [-0.4, -0.2) is 25.5 Å². The lowest BCUT2D eigenvalue weighted by atomic mass is 10.1. The first-order valence-electron chi connectivity index (χ1n) is 10.3. The average Bonchev–Trinajstić information content (AvgIpc) is 3.30. The van der Waals surface area contributed by atoms with Gasteiger partial charge in [0, 0.05) is 22.1 Å². The number of nitrogens with zero attached hydrogens (tertiary/aromatic N) is 3. The van der Waals surface area contributed by atoms with E-state index in [1.54, 1.807) is 18.5 Å². The van der Waals surface area contributed by atoms with Crippen molar-refractivity contribution in [1.29, 1.82) is 0 Å². The minimum absolute atomic E-state index is 0.00448. The van der Waals surface area contributed by atoms with Crippen LogP contribution in [0.2, 0.25) is 5.02 Å². The fourth-order valence-corrected chi connectivity index (χ4v) is 4.67. The maximum absolute atomic E-state index is 12.4. The molecule has 2 N–H and O–H groups in total. The van der Waals surface area contributed by atoms with Crippen molar-refractivity contribution in [2.24, 2.45) is 0 Å². The molecular weight excluding hydrogens is 472 g/mol. The van der Waals surface area contributed by atoms with Crippen LogP contribution in [0.1, 0.15) is 16.1 Å². The lowest BCUT2D eigenvalue weighted by Crippen LogP contribution is -2.13.